The highest BCUT2D eigenvalue weighted by Gasteiger charge is 2.24. The van der Waals surface area contributed by atoms with E-state index in [-0.39, 0.29) is 5.91 Å². The molecule has 0 spiro atoms. The number of hydrogen-bond acceptors (Lipinski definition) is 6. The van der Waals surface area contributed by atoms with Crippen molar-refractivity contribution in [3.8, 4) is 0 Å². The second-order valence-electron chi connectivity index (χ2n) is 4.50. The minimum absolute atomic E-state index is 0.0513. The Balaban J connectivity index is 2.22. The molecule has 0 saturated carbocycles. The normalized spacial score (nSPS) is 11.0. The van der Waals surface area contributed by atoms with Crippen LogP contribution in [0.2, 0.25) is 5.02 Å². The van der Waals surface area contributed by atoms with Crippen LogP contribution in [-0.2, 0) is 13.1 Å². The molecule has 0 aliphatic heterocycles. The van der Waals surface area contributed by atoms with Gasteiger partial charge in [0.25, 0.3) is 5.91 Å². The first-order chi connectivity index (χ1) is 10.5. The van der Waals surface area contributed by atoms with Gasteiger partial charge in [0.1, 0.15) is 10.7 Å². The van der Waals surface area contributed by atoms with Gasteiger partial charge < -0.3 is 4.90 Å². The number of thioether (sulfide) groups is 2. The number of rotatable bonds is 6. The minimum atomic E-state index is -0.0513. The summed E-state index contributed by atoms with van der Waals surface area (Å²) in [5, 5.41) is 5.74. The molecule has 0 fully saturated rings. The molecule has 2 rings (SSSR count). The van der Waals surface area contributed by atoms with E-state index in [4.69, 9.17) is 11.6 Å². The van der Waals surface area contributed by atoms with E-state index in [1.807, 2.05) is 19.4 Å². The Hall–Kier alpha value is -0.700. The van der Waals surface area contributed by atoms with Gasteiger partial charge in [0.2, 0.25) is 0 Å². The molecular formula is C13H17ClN4OS3. The quantitative estimate of drug-likeness (QED) is 0.719. The number of halogens is 1. The summed E-state index contributed by atoms with van der Waals surface area (Å²) in [5.41, 5.74) is 1.39. The van der Waals surface area contributed by atoms with E-state index in [0.717, 1.165) is 15.8 Å². The van der Waals surface area contributed by atoms with Crippen LogP contribution < -0.4 is 0 Å². The highest BCUT2D eigenvalue weighted by molar-refractivity contribution is 8.01. The number of nitrogens with zero attached hydrogens (tertiary/aromatic N) is 4. The minimum Gasteiger partial charge on any atom is -0.336 e. The van der Waals surface area contributed by atoms with Crippen molar-refractivity contribution >= 4 is 52.6 Å². The monoisotopic (exact) mass is 376 g/mol. The van der Waals surface area contributed by atoms with Crippen molar-refractivity contribution in [2.45, 2.75) is 29.2 Å². The summed E-state index contributed by atoms with van der Waals surface area (Å²) in [5.74, 6) is -0.0513. The Morgan fingerprint density at radius 1 is 1.45 bits per heavy atom. The smallest absolute Gasteiger partial charge is 0.258 e. The van der Waals surface area contributed by atoms with E-state index in [1.165, 1.54) is 23.3 Å². The molecule has 2 aromatic rings. The molecule has 0 bridgehead atoms. The lowest BCUT2D eigenvalue weighted by Gasteiger charge is -2.16. The molecule has 120 valence electrons. The van der Waals surface area contributed by atoms with Crippen molar-refractivity contribution in [2.24, 2.45) is 0 Å². The number of aryl methyl sites for hydroxylation is 1. The van der Waals surface area contributed by atoms with Gasteiger partial charge in [-0.1, -0.05) is 11.6 Å². The molecule has 0 N–H and O–H groups in total. The van der Waals surface area contributed by atoms with E-state index in [2.05, 4.69) is 9.47 Å². The average Bonchev–Trinajstić information content (AvgIpc) is 3.09. The molecule has 22 heavy (non-hydrogen) atoms. The average molecular weight is 377 g/mol. The Kier molecular flexibility index (Phi) is 6.19. The van der Waals surface area contributed by atoms with Crippen molar-refractivity contribution in [1.82, 2.24) is 19.1 Å². The molecule has 0 aromatic carbocycles. The van der Waals surface area contributed by atoms with Gasteiger partial charge in [0.15, 0.2) is 0 Å². The van der Waals surface area contributed by atoms with Crippen LogP contribution in [0.3, 0.4) is 0 Å². The number of carbonyl (C=O) groups excluding carboxylic acids is 1. The van der Waals surface area contributed by atoms with Gasteiger partial charge in [0, 0.05) is 19.8 Å². The van der Waals surface area contributed by atoms with Crippen molar-refractivity contribution in [2.75, 3.05) is 19.6 Å². The maximum atomic E-state index is 12.7. The van der Waals surface area contributed by atoms with Crippen LogP contribution in [0.1, 0.15) is 23.0 Å². The maximum Gasteiger partial charge on any atom is 0.258 e. The van der Waals surface area contributed by atoms with Crippen molar-refractivity contribution in [3.05, 3.63) is 22.5 Å². The number of aromatic nitrogens is 3. The first-order valence-electron chi connectivity index (χ1n) is 6.56. The number of carbonyl (C=O) groups is 1. The van der Waals surface area contributed by atoms with Gasteiger partial charge in [0.05, 0.1) is 21.3 Å². The maximum absolute atomic E-state index is 12.7. The molecule has 2 aromatic heterocycles. The summed E-state index contributed by atoms with van der Waals surface area (Å²) in [6.07, 6.45) is 5.66. The van der Waals surface area contributed by atoms with Gasteiger partial charge >= 0.3 is 0 Å². The number of amides is 1. The summed E-state index contributed by atoms with van der Waals surface area (Å²) >= 11 is 10.6. The lowest BCUT2D eigenvalue weighted by atomic mass is 10.3. The molecule has 0 atom stereocenters. The van der Waals surface area contributed by atoms with Crippen molar-refractivity contribution < 1.29 is 4.79 Å². The van der Waals surface area contributed by atoms with Gasteiger partial charge in [-0.25, -0.2) is 0 Å². The third kappa shape index (κ3) is 3.61. The van der Waals surface area contributed by atoms with Crippen LogP contribution in [-0.4, -0.2) is 44.5 Å². The fourth-order valence-electron chi connectivity index (χ4n) is 1.91. The second kappa shape index (κ2) is 7.72. The SMILES string of the molecule is CCn1cc(Cl)c(CN(C)C(=O)c2c(SC)nsc2SC)n1. The molecule has 0 unspecified atom stereocenters. The summed E-state index contributed by atoms with van der Waals surface area (Å²) in [7, 11) is 1.76. The Labute approximate surface area is 147 Å². The predicted molar refractivity (Wildman–Crippen MR) is 94.4 cm³/mol. The fraction of sp³-hybridized carbons (Fsp3) is 0.462. The topological polar surface area (TPSA) is 51.0 Å². The van der Waals surface area contributed by atoms with E-state index < -0.39 is 0 Å². The predicted octanol–water partition coefficient (Wildman–Crippen LogP) is 3.73. The fourth-order valence-corrected chi connectivity index (χ4v) is 4.39. The third-order valence-electron chi connectivity index (χ3n) is 3.07. The van der Waals surface area contributed by atoms with E-state index >= 15 is 0 Å². The zero-order valence-corrected chi connectivity index (χ0v) is 16.0. The molecule has 0 aliphatic rings. The molecule has 0 saturated heterocycles. The molecule has 2 heterocycles. The second-order valence-corrected chi connectivity index (χ2v) is 7.55. The van der Waals surface area contributed by atoms with E-state index in [1.54, 1.807) is 34.6 Å². The standard InChI is InChI=1S/C13H17ClN4OS3/c1-5-18-6-8(14)9(15-18)7-17(2)12(19)10-11(20-3)16-22-13(10)21-4/h6H,5,7H2,1-4H3. The van der Waals surface area contributed by atoms with Gasteiger partial charge in [-0.2, -0.15) is 9.47 Å². The first-order valence-corrected chi connectivity index (χ1v) is 10.2. The molecule has 9 heteroatoms. The van der Waals surface area contributed by atoms with Gasteiger partial charge in [-0.3, -0.25) is 9.48 Å². The van der Waals surface area contributed by atoms with Crippen LogP contribution >= 0.6 is 46.7 Å². The summed E-state index contributed by atoms with van der Waals surface area (Å²) in [6.45, 7) is 3.12. The van der Waals surface area contributed by atoms with Crippen LogP contribution in [0.25, 0.3) is 0 Å². The van der Waals surface area contributed by atoms with Gasteiger partial charge in [-0.15, -0.1) is 23.5 Å². The third-order valence-corrected chi connectivity index (χ3v) is 6.12. The molecule has 0 aliphatic carbocycles. The van der Waals surface area contributed by atoms with Crippen molar-refractivity contribution in [3.63, 3.8) is 0 Å². The Morgan fingerprint density at radius 3 is 2.73 bits per heavy atom. The lowest BCUT2D eigenvalue weighted by Crippen LogP contribution is -2.27. The Morgan fingerprint density at radius 2 is 2.18 bits per heavy atom. The number of hydrogen-bond donors (Lipinski definition) is 0. The largest absolute Gasteiger partial charge is 0.336 e. The molecule has 1 amide bonds. The molecule has 0 radical (unpaired) electrons. The van der Waals surface area contributed by atoms with Crippen LogP contribution in [0.15, 0.2) is 15.4 Å². The molecule has 5 nitrogen and oxygen atoms in total. The summed E-state index contributed by atoms with van der Waals surface area (Å²) in [6, 6.07) is 0. The molecular weight excluding hydrogens is 360 g/mol. The van der Waals surface area contributed by atoms with E-state index in [9.17, 15) is 4.79 Å². The van der Waals surface area contributed by atoms with Gasteiger partial charge in [-0.05, 0) is 31.0 Å². The highest BCUT2D eigenvalue weighted by Crippen LogP contribution is 2.33. The zero-order chi connectivity index (χ0) is 16.3. The summed E-state index contributed by atoms with van der Waals surface area (Å²) < 4.78 is 7.04. The van der Waals surface area contributed by atoms with E-state index in [0.29, 0.717) is 22.8 Å². The lowest BCUT2D eigenvalue weighted by molar-refractivity contribution is 0.0777. The van der Waals surface area contributed by atoms with Crippen LogP contribution in [0, 0.1) is 0 Å². The first kappa shape index (κ1) is 17.7. The zero-order valence-electron chi connectivity index (χ0n) is 12.8. The Bertz CT molecular complexity index is 649. The van der Waals surface area contributed by atoms with Crippen LogP contribution in [0.5, 0.6) is 0 Å². The highest BCUT2D eigenvalue weighted by atomic mass is 35.5. The van der Waals surface area contributed by atoms with Crippen molar-refractivity contribution in [1.29, 1.82) is 0 Å². The summed E-state index contributed by atoms with van der Waals surface area (Å²) in [4.78, 5) is 14.4. The van der Waals surface area contributed by atoms with Crippen LogP contribution in [0.4, 0.5) is 0 Å².